The molecule has 0 saturated heterocycles. The van der Waals surface area contributed by atoms with Gasteiger partial charge in [-0.2, -0.15) is 0 Å². The van der Waals surface area contributed by atoms with Crippen molar-refractivity contribution in [2.75, 3.05) is 26.2 Å². The van der Waals surface area contributed by atoms with Crippen LogP contribution in [0.1, 0.15) is 18.1 Å². The Morgan fingerprint density at radius 1 is 1.03 bits per heavy atom. The minimum Gasteiger partial charge on any atom is -0.361 e. The van der Waals surface area contributed by atoms with Gasteiger partial charge in [0.2, 0.25) is 5.91 Å². The quantitative estimate of drug-likeness (QED) is 0.146. The fourth-order valence-electron chi connectivity index (χ4n) is 3.20. The molecule has 3 rings (SSSR count). The van der Waals surface area contributed by atoms with Crippen molar-refractivity contribution in [3.8, 4) is 0 Å². The van der Waals surface area contributed by atoms with Crippen LogP contribution in [0, 0.1) is 5.82 Å². The standard InChI is InChI=1S/C23H28FN5O.HI/c1-2-25-23(27-12-11-18-16-29-21-6-4-3-5-20(18)21)28-14-13-26-22(30)15-17-7-9-19(24)10-8-17;/h3-10,16,29H,2,11-15H2,1H3,(H,26,30)(H2,25,27,28);1H. The summed E-state index contributed by atoms with van der Waals surface area (Å²) in [5, 5.41) is 10.5. The third kappa shape index (κ3) is 7.86. The lowest BCUT2D eigenvalue weighted by Crippen LogP contribution is -2.41. The zero-order valence-corrected chi connectivity index (χ0v) is 19.9. The van der Waals surface area contributed by atoms with Crippen LogP contribution in [0.4, 0.5) is 4.39 Å². The van der Waals surface area contributed by atoms with Crippen molar-refractivity contribution in [3.05, 3.63) is 71.7 Å². The van der Waals surface area contributed by atoms with Gasteiger partial charge in [0, 0.05) is 43.3 Å². The number of halogens is 2. The van der Waals surface area contributed by atoms with Crippen molar-refractivity contribution in [1.29, 1.82) is 0 Å². The van der Waals surface area contributed by atoms with Crippen molar-refractivity contribution < 1.29 is 9.18 Å². The van der Waals surface area contributed by atoms with E-state index in [1.54, 1.807) is 12.1 Å². The average Bonchev–Trinajstić information content (AvgIpc) is 3.16. The highest BCUT2D eigenvalue weighted by Crippen LogP contribution is 2.17. The predicted molar refractivity (Wildman–Crippen MR) is 135 cm³/mol. The molecule has 8 heteroatoms. The molecule has 0 aliphatic carbocycles. The van der Waals surface area contributed by atoms with Crippen LogP contribution in [0.25, 0.3) is 10.9 Å². The number of amides is 1. The number of rotatable bonds is 9. The number of nitrogens with zero attached hydrogens (tertiary/aromatic N) is 1. The Morgan fingerprint density at radius 2 is 1.77 bits per heavy atom. The topological polar surface area (TPSA) is 81.3 Å². The highest BCUT2D eigenvalue weighted by atomic mass is 127. The number of benzene rings is 2. The molecule has 1 aromatic heterocycles. The van der Waals surface area contributed by atoms with E-state index in [4.69, 9.17) is 0 Å². The van der Waals surface area contributed by atoms with E-state index in [1.807, 2.05) is 25.3 Å². The van der Waals surface area contributed by atoms with E-state index in [0.29, 0.717) is 19.6 Å². The SMILES string of the molecule is CCNC(=NCCc1c[nH]c2ccccc12)NCCNC(=O)Cc1ccc(F)cc1.I. The lowest BCUT2D eigenvalue weighted by atomic mass is 10.1. The molecule has 2 aromatic carbocycles. The molecule has 166 valence electrons. The minimum absolute atomic E-state index is 0. The first-order valence-corrected chi connectivity index (χ1v) is 10.2. The van der Waals surface area contributed by atoms with E-state index in [9.17, 15) is 9.18 Å². The van der Waals surface area contributed by atoms with Gasteiger partial charge >= 0.3 is 0 Å². The molecule has 6 nitrogen and oxygen atoms in total. The Balaban J connectivity index is 0.00000341. The number of para-hydroxylation sites is 1. The molecule has 0 unspecified atom stereocenters. The second-order valence-corrected chi connectivity index (χ2v) is 6.95. The minimum atomic E-state index is -0.303. The second-order valence-electron chi connectivity index (χ2n) is 6.95. The smallest absolute Gasteiger partial charge is 0.224 e. The number of hydrogen-bond acceptors (Lipinski definition) is 2. The zero-order chi connectivity index (χ0) is 21.2. The summed E-state index contributed by atoms with van der Waals surface area (Å²) < 4.78 is 12.9. The van der Waals surface area contributed by atoms with E-state index in [2.05, 4.69) is 38.1 Å². The van der Waals surface area contributed by atoms with Gasteiger partial charge in [0.1, 0.15) is 5.82 Å². The maximum absolute atomic E-state index is 12.9. The van der Waals surface area contributed by atoms with Gasteiger partial charge in [-0.25, -0.2) is 4.39 Å². The van der Waals surface area contributed by atoms with Crippen molar-refractivity contribution in [2.24, 2.45) is 4.99 Å². The van der Waals surface area contributed by atoms with Gasteiger partial charge in [-0.05, 0) is 42.7 Å². The first-order chi connectivity index (χ1) is 14.7. The van der Waals surface area contributed by atoms with Gasteiger partial charge in [0.15, 0.2) is 5.96 Å². The molecule has 0 aliphatic rings. The Morgan fingerprint density at radius 3 is 2.55 bits per heavy atom. The fourth-order valence-corrected chi connectivity index (χ4v) is 3.20. The molecule has 0 aliphatic heterocycles. The van der Waals surface area contributed by atoms with Gasteiger partial charge in [0.05, 0.1) is 6.42 Å². The van der Waals surface area contributed by atoms with Crippen LogP contribution in [0.2, 0.25) is 0 Å². The molecule has 0 spiro atoms. The Labute approximate surface area is 199 Å². The summed E-state index contributed by atoms with van der Waals surface area (Å²) in [5.41, 5.74) is 3.17. The summed E-state index contributed by atoms with van der Waals surface area (Å²) in [6.45, 7) is 4.48. The maximum Gasteiger partial charge on any atom is 0.224 e. The van der Waals surface area contributed by atoms with Crippen LogP contribution >= 0.6 is 24.0 Å². The van der Waals surface area contributed by atoms with Gasteiger partial charge in [-0.1, -0.05) is 30.3 Å². The lowest BCUT2D eigenvalue weighted by Gasteiger charge is -2.12. The van der Waals surface area contributed by atoms with Crippen LogP contribution in [0.3, 0.4) is 0 Å². The molecular weight excluding hydrogens is 508 g/mol. The number of nitrogens with one attached hydrogen (secondary N) is 4. The molecule has 3 aromatic rings. The summed E-state index contributed by atoms with van der Waals surface area (Å²) in [6.07, 6.45) is 3.12. The van der Waals surface area contributed by atoms with Gasteiger partial charge in [0.25, 0.3) is 0 Å². The van der Waals surface area contributed by atoms with E-state index in [1.165, 1.54) is 23.1 Å². The van der Waals surface area contributed by atoms with Crippen LogP contribution in [0.15, 0.2) is 59.7 Å². The number of carbonyl (C=O) groups is 1. The fraction of sp³-hybridized carbons (Fsp3) is 0.304. The van der Waals surface area contributed by atoms with Crippen molar-refractivity contribution in [1.82, 2.24) is 20.9 Å². The first-order valence-electron chi connectivity index (χ1n) is 10.2. The van der Waals surface area contributed by atoms with Gasteiger partial charge in [-0.15, -0.1) is 24.0 Å². The average molecular weight is 537 g/mol. The Kier molecular flexibility index (Phi) is 10.3. The predicted octanol–water partition coefficient (Wildman–Crippen LogP) is 3.38. The number of aromatic nitrogens is 1. The number of guanidine groups is 1. The molecule has 0 atom stereocenters. The molecule has 0 saturated carbocycles. The van der Waals surface area contributed by atoms with E-state index in [-0.39, 0.29) is 42.1 Å². The molecule has 1 heterocycles. The molecule has 31 heavy (non-hydrogen) atoms. The third-order valence-electron chi connectivity index (χ3n) is 4.69. The highest BCUT2D eigenvalue weighted by Gasteiger charge is 2.05. The first kappa shape index (κ1) is 24.6. The van der Waals surface area contributed by atoms with E-state index < -0.39 is 0 Å². The summed E-state index contributed by atoms with van der Waals surface area (Å²) in [6, 6.07) is 14.2. The molecule has 1 amide bonds. The third-order valence-corrected chi connectivity index (χ3v) is 4.69. The Bertz CT molecular complexity index is 987. The largest absolute Gasteiger partial charge is 0.361 e. The lowest BCUT2D eigenvalue weighted by molar-refractivity contribution is -0.120. The van der Waals surface area contributed by atoms with Crippen molar-refractivity contribution >= 4 is 46.7 Å². The summed E-state index contributed by atoms with van der Waals surface area (Å²) in [4.78, 5) is 19.9. The van der Waals surface area contributed by atoms with Gasteiger partial charge < -0.3 is 20.9 Å². The van der Waals surface area contributed by atoms with Crippen molar-refractivity contribution in [3.63, 3.8) is 0 Å². The number of carbonyl (C=O) groups excluding carboxylic acids is 1. The van der Waals surface area contributed by atoms with Crippen LogP contribution in [-0.4, -0.2) is 43.0 Å². The number of fused-ring (bicyclic) bond motifs is 1. The van der Waals surface area contributed by atoms with Crippen LogP contribution in [-0.2, 0) is 17.6 Å². The van der Waals surface area contributed by atoms with Crippen LogP contribution in [0.5, 0.6) is 0 Å². The second kappa shape index (κ2) is 12.9. The number of aliphatic imine (C=N–C) groups is 1. The molecule has 0 fully saturated rings. The molecule has 4 N–H and O–H groups in total. The number of H-pyrrole nitrogens is 1. The molecule has 0 radical (unpaired) electrons. The van der Waals surface area contributed by atoms with Gasteiger partial charge in [-0.3, -0.25) is 9.79 Å². The monoisotopic (exact) mass is 537 g/mol. The maximum atomic E-state index is 12.9. The Hall–Kier alpha value is -2.62. The van der Waals surface area contributed by atoms with Crippen molar-refractivity contribution in [2.45, 2.75) is 19.8 Å². The zero-order valence-electron chi connectivity index (χ0n) is 17.6. The van der Waals surface area contributed by atoms with E-state index in [0.717, 1.165) is 30.0 Å². The summed E-state index contributed by atoms with van der Waals surface area (Å²) >= 11 is 0. The summed E-state index contributed by atoms with van der Waals surface area (Å²) in [7, 11) is 0. The highest BCUT2D eigenvalue weighted by molar-refractivity contribution is 14.0. The number of hydrogen-bond donors (Lipinski definition) is 4. The van der Waals surface area contributed by atoms with Crippen LogP contribution < -0.4 is 16.0 Å². The summed E-state index contributed by atoms with van der Waals surface area (Å²) in [5.74, 6) is 0.332. The normalized spacial score (nSPS) is 11.1. The molecular formula is C23H29FIN5O. The van der Waals surface area contributed by atoms with E-state index >= 15 is 0 Å². The molecule has 0 bridgehead atoms. The number of aromatic amines is 1.